The molecule has 0 bridgehead atoms. The van der Waals surface area contributed by atoms with Gasteiger partial charge in [0.25, 0.3) is 0 Å². The van der Waals surface area contributed by atoms with Crippen molar-refractivity contribution in [3.05, 3.63) is 65.0 Å². The highest BCUT2D eigenvalue weighted by Gasteiger charge is 2.59. The predicted molar refractivity (Wildman–Crippen MR) is 153 cm³/mol. The summed E-state index contributed by atoms with van der Waals surface area (Å²) in [5.41, 5.74) is 4.06. The summed E-state index contributed by atoms with van der Waals surface area (Å²) in [7, 11) is 0.204. The van der Waals surface area contributed by atoms with Gasteiger partial charge in [-0.15, -0.1) is 0 Å². The molecule has 0 saturated heterocycles. The molecule has 0 amide bonds. The van der Waals surface area contributed by atoms with Gasteiger partial charge in [0, 0.05) is 35.5 Å². The van der Waals surface area contributed by atoms with Gasteiger partial charge in [0.15, 0.2) is 11.5 Å². The lowest BCUT2D eigenvalue weighted by atomic mass is 9.99. The Morgan fingerprint density at radius 3 is 2.65 bits per heavy atom. The van der Waals surface area contributed by atoms with Crippen LogP contribution in [0.3, 0.4) is 0 Å². The molecule has 8 rings (SSSR count). The summed E-state index contributed by atoms with van der Waals surface area (Å²) in [6.07, 6.45) is 4.93. The molecular weight excluding hydrogens is 579 g/mol. The van der Waals surface area contributed by atoms with Crippen LogP contribution in [0.25, 0.3) is 22.8 Å². The van der Waals surface area contributed by atoms with E-state index in [1.54, 1.807) is 17.9 Å². The Labute approximate surface area is 248 Å². The lowest BCUT2D eigenvalue weighted by Crippen LogP contribution is -2.25. The fourth-order valence-corrected chi connectivity index (χ4v) is 8.17. The summed E-state index contributed by atoms with van der Waals surface area (Å²) in [6, 6.07) is 5.61. The van der Waals surface area contributed by atoms with E-state index in [1.165, 1.54) is 6.33 Å². The molecule has 0 radical (unpaired) electrons. The van der Waals surface area contributed by atoms with Gasteiger partial charge in [-0.1, -0.05) is 18.2 Å². The summed E-state index contributed by atoms with van der Waals surface area (Å²) < 4.78 is 63.0. The number of hydrogen-bond donors (Lipinski definition) is 0. The summed E-state index contributed by atoms with van der Waals surface area (Å²) in [5.74, 6) is 2.13. The largest absolute Gasteiger partial charge is 0.480 e. The molecule has 9 nitrogen and oxygen atoms in total. The highest BCUT2D eigenvalue weighted by atomic mass is 32.2. The Balaban J connectivity index is 1.17. The van der Waals surface area contributed by atoms with E-state index in [2.05, 4.69) is 15.0 Å². The minimum absolute atomic E-state index is 0.128. The van der Waals surface area contributed by atoms with Crippen molar-refractivity contribution < 1.29 is 22.1 Å². The van der Waals surface area contributed by atoms with E-state index in [4.69, 9.17) is 14.7 Å². The summed E-state index contributed by atoms with van der Waals surface area (Å²) in [6.45, 7) is 2.25. The molecule has 4 aromatic rings. The van der Waals surface area contributed by atoms with Crippen LogP contribution in [0, 0.1) is 0 Å². The number of benzene rings is 1. The standard InChI is InChI=1S/C30H28F3N7O2S/c1-16-3-5-19-11-17(4-8-20(19)26-37-22(14-39(16)26)30(31,32)33)13-40-27-21(29(9-10-29)43(40)41)12-34-25(38-27)23-24(18-6-7-18)35-15-36-28(23)42-2/h4,8,11-12,14-16,18H,3,5-7,9-10,13H2,1-2H3. The topological polar surface area (TPSA) is 98.9 Å². The van der Waals surface area contributed by atoms with E-state index >= 15 is 0 Å². The number of rotatable bonds is 5. The third kappa shape index (κ3) is 4.18. The van der Waals surface area contributed by atoms with Crippen molar-refractivity contribution in [3.63, 3.8) is 0 Å². The monoisotopic (exact) mass is 607 g/mol. The molecule has 43 heavy (non-hydrogen) atoms. The number of aryl methyl sites for hydroxylation is 1. The molecule has 2 unspecified atom stereocenters. The number of aromatic nitrogens is 6. The lowest BCUT2D eigenvalue weighted by Gasteiger charge is -2.19. The Hall–Kier alpha value is -3.87. The van der Waals surface area contributed by atoms with E-state index in [0.717, 1.165) is 54.3 Å². The van der Waals surface area contributed by atoms with E-state index in [-0.39, 0.29) is 6.04 Å². The highest BCUT2D eigenvalue weighted by Crippen LogP contribution is 2.59. The number of imidazole rings is 1. The van der Waals surface area contributed by atoms with Crippen LogP contribution in [-0.4, -0.2) is 40.8 Å². The third-order valence-corrected chi connectivity index (χ3v) is 11.0. The maximum atomic E-state index is 14.0. The number of methoxy groups -OCH3 is 1. The quantitative estimate of drug-likeness (QED) is 0.279. The fourth-order valence-electron chi connectivity index (χ4n) is 6.40. The smallest absolute Gasteiger partial charge is 0.434 e. The zero-order chi connectivity index (χ0) is 29.7. The van der Waals surface area contributed by atoms with Crippen LogP contribution in [0.1, 0.15) is 79.1 Å². The zero-order valence-electron chi connectivity index (χ0n) is 23.6. The minimum atomic E-state index is -4.51. The molecule has 1 aromatic carbocycles. The molecule has 0 N–H and O–H groups in total. The van der Waals surface area contributed by atoms with Crippen molar-refractivity contribution in [3.8, 4) is 28.7 Å². The lowest BCUT2D eigenvalue weighted by molar-refractivity contribution is -0.140. The molecule has 2 aliphatic heterocycles. The van der Waals surface area contributed by atoms with Gasteiger partial charge >= 0.3 is 6.18 Å². The van der Waals surface area contributed by atoms with Gasteiger partial charge in [0.1, 0.15) is 34.5 Å². The maximum absolute atomic E-state index is 14.0. The van der Waals surface area contributed by atoms with Crippen molar-refractivity contribution in [2.24, 2.45) is 0 Å². The second kappa shape index (κ2) is 9.31. The van der Waals surface area contributed by atoms with Crippen molar-refractivity contribution >= 4 is 16.8 Å². The number of fused-ring (bicyclic) bond motifs is 5. The van der Waals surface area contributed by atoms with Crippen LogP contribution in [0.5, 0.6) is 5.88 Å². The van der Waals surface area contributed by atoms with Gasteiger partial charge in [-0.25, -0.2) is 29.1 Å². The van der Waals surface area contributed by atoms with Crippen molar-refractivity contribution in [2.45, 2.75) is 74.9 Å². The SMILES string of the molecule is COc1ncnc(C2CC2)c1-c1ncc2c(n1)N(Cc1ccc3c(c1)CCC(C)n1cc(C(F)(F)F)nc1-3)S(=O)C21CC1. The van der Waals surface area contributed by atoms with Gasteiger partial charge in [0.2, 0.25) is 5.88 Å². The second-order valence-corrected chi connectivity index (χ2v) is 13.6. The molecule has 4 aliphatic rings. The molecule has 2 saturated carbocycles. The molecule has 1 spiro atoms. The molecule has 13 heteroatoms. The van der Waals surface area contributed by atoms with Gasteiger partial charge < -0.3 is 9.30 Å². The van der Waals surface area contributed by atoms with Crippen LogP contribution in [0.4, 0.5) is 19.0 Å². The zero-order valence-corrected chi connectivity index (χ0v) is 24.4. The Morgan fingerprint density at radius 1 is 1.12 bits per heavy atom. The number of halogens is 3. The summed E-state index contributed by atoms with van der Waals surface area (Å²) >= 11 is 0. The van der Waals surface area contributed by atoms with Crippen LogP contribution in [0.15, 0.2) is 36.9 Å². The first-order chi connectivity index (χ1) is 20.7. The average molecular weight is 608 g/mol. The van der Waals surface area contributed by atoms with Crippen LogP contribution in [-0.2, 0) is 34.9 Å². The molecule has 222 valence electrons. The minimum Gasteiger partial charge on any atom is -0.480 e. The number of anilines is 1. The van der Waals surface area contributed by atoms with Crippen molar-refractivity contribution in [1.29, 1.82) is 0 Å². The van der Waals surface area contributed by atoms with E-state index in [1.807, 2.05) is 29.4 Å². The van der Waals surface area contributed by atoms with Gasteiger partial charge in [0.05, 0.1) is 24.1 Å². The normalized spacial score (nSPS) is 21.7. The molecule has 5 heterocycles. The molecule has 2 fully saturated rings. The van der Waals surface area contributed by atoms with Crippen LogP contribution < -0.4 is 9.04 Å². The number of alkyl halides is 3. The Kier molecular flexibility index (Phi) is 5.79. The average Bonchev–Trinajstić information content (AvgIpc) is 3.93. The molecule has 3 aromatic heterocycles. The Morgan fingerprint density at radius 2 is 1.93 bits per heavy atom. The molecule has 2 atom stereocenters. The summed E-state index contributed by atoms with van der Waals surface area (Å²) in [5, 5.41) is 0. The number of ether oxygens (including phenoxy) is 1. The maximum Gasteiger partial charge on any atom is 0.434 e. The number of hydrogen-bond acceptors (Lipinski definition) is 7. The fraction of sp³-hybridized carbons (Fsp3) is 0.433. The van der Waals surface area contributed by atoms with Crippen LogP contribution >= 0.6 is 0 Å². The van der Waals surface area contributed by atoms with Gasteiger partial charge in [-0.2, -0.15) is 13.2 Å². The predicted octanol–water partition coefficient (Wildman–Crippen LogP) is 5.88. The first-order valence-corrected chi connectivity index (χ1v) is 15.5. The van der Waals surface area contributed by atoms with Crippen molar-refractivity contribution in [2.75, 3.05) is 11.4 Å². The molecular formula is C30H28F3N7O2S. The van der Waals surface area contributed by atoms with Gasteiger partial charge in [-0.05, 0) is 56.6 Å². The van der Waals surface area contributed by atoms with Gasteiger partial charge in [-0.3, -0.25) is 4.31 Å². The van der Waals surface area contributed by atoms with E-state index in [9.17, 15) is 17.4 Å². The van der Waals surface area contributed by atoms with Crippen molar-refractivity contribution in [1.82, 2.24) is 29.5 Å². The third-order valence-electron chi connectivity index (χ3n) is 9.02. The van der Waals surface area contributed by atoms with E-state index in [0.29, 0.717) is 59.8 Å². The first-order valence-electron chi connectivity index (χ1n) is 14.4. The first kappa shape index (κ1) is 26.7. The Bertz CT molecular complexity index is 1820. The second-order valence-electron chi connectivity index (χ2n) is 11.9. The molecule has 2 aliphatic carbocycles. The van der Waals surface area contributed by atoms with E-state index < -0.39 is 27.6 Å². The summed E-state index contributed by atoms with van der Waals surface area (Å²) in [4.78, 5) is 22.5. The highest BCUT2D eigenvalue weighted by molar-refractivity contribution is 7.88. The number of nitrogens with zero attached hydrogens (tertiary/aromatic N) is 7. The van der Waals surface area contributed by atoms with Crippen LogP contribution in [0.2, 0.25) is 0 Å².